The first-order valence-corrected chi connectivity index (χ1v) is 6.58. The minimum Gasteiger partial charge on any atom is -0.472 e. The molecular formula is C14H17N3O2. The fourth-order valence-corrected chi connectivity index (χ4v) is 2.21. The molecule has 2 aromatic rings. The van der Waals surface area contributed by atoms with Gasteiger partial charge in [0.1, 0.15) is 12.1 Å². The first kappa shape index (κ1) is 12.0. The van der Waals surface area contributed by atoms with Gasteiger partial charge in [0.05, 0.1) is 11.8 Å². The van der Waals surface area contributed by atoms with Crippen LogP contribution in [0.3, 0.4) is 0 Å². The third kappa shape index (κ3) is 2.54. The van der Waals surface area contributed by atoms with Crippen molar-refractivity contribution in [1.82, 2.24) is 14.9 Å². The molecule has 0 aliphatic heterocycles. The number of aryl methyl sites for hydroxylation is 1. The van der Waals surface area contributed by atoms with Crippen molar-refractivity contribution < 1.29 is 9.21 Å². The molecule has 1 N–H and O–H groups in total. The summed E-state index contributed by atoms with van der Waals surface area (Å²) in [6, 6.07) is 1.66. The Hall–Kier alpha value is -2.04. The van der Waals surface area contributed by atoms with E-state index in [1.54, 1.807) is 6.07 Å². The van der Waals surface area contributed by atoms with E-state index in [1.165, 1.54) is 25.4 Å². The molecule has 0 bridgehead atoms. The van der Waals surface area contributed by atoms with Gasteiger partial charge >= 0.3 is 0 Å². The number of imidazole rings is 1. The Morgan fingerprint density at radius 2 is 2.42 bits per heavy atom. The van der Waals surface area contributed by atoms with Crippen LogP contribution >= 0.6 is 0 Å². The van der Waals surface area contributed by atoms with E-state index in [1.807, 2.05) is 6.20 Å². The normalized spacial score (nSPS) is 14.6. The second-order valence-electron chi connectivity index (χ2n) is 4.95. The van der Waals surface area contributed by atoms with Crippen LogP contribution in [0.1, 0.15) is 40.6 Å². The highest BCUT2D eigenvalue weighted by Crippen LogP contribution is 2.39. The van der Waals surface area contributed by atoms with Gasteiger partial charge in [-0.05, 0) is 25.8 Å². The molecule has 5 nitrogen and oxygen atoms in total. The first-order valence-electron chi connectivity index (χ1n) is 6.58. The molecular weight excluding hydrogens is 242 g/mol. The molecule has 0 saturated heterocycles. The van der Waals surface area contributed by atoms with Gasteiger partial charge in [0, 0.05) is 30.9 Å². The number of hydrogen-bond acceptors (Lipinski definition) is 3. The van der Waals surface area contributed by atoms with Gasteiger partial charge in [-0.3, -0.25) is 4.79 Å². The molecule has 100 valence electrons. The second kappa shape index (κ2) is 4.91. The van der Waals surface area contributed by atoms with Crippen LogP contribution in [-0.4, -0.2) is 22.0 Å². The Bertz CT molecular complexity index is 568. The van der Waals surface area contributed by atoms with Crippen LogP contribution in [0.5, 0.6) is 0 Å². The Morgan fingerprint density at radius 3 is 3.11 bits per heavy atom. The molecule has 1 amide bonds. The highest BCUT2D eigenvalue weighted by molar-refractivity contribution is 5.93. The fourth-order valence-electron chi connectivity index (χ4n) is 2.21. The summed E-state index contributed by atoms with van der Waals surface area (Å²) < 4.78 is 7.09. The highest BCUT2D eigenvalue weighted by Gasteiger charge is 2.28. The molecule has 2 heterocycles. The van der Waals surface area contributed by atoms with Crippen molar-refractivity contribution in [1.29, 1.82) is 0 Å². The average molecular weight is 259 g/mol. The monoisotopic (exact) mass is 259 g/mol. The molecule has 0 radical (unpaired) electrons. The molecule has 0 unspecified atom stereocenters. The van der Waals surface area contributed by atoms with E-state index >= 15 is 0 Å². The van der Waals surface area contributed by atoms with Gasteiger partial charge in [0.15, 0.2) is 0 Å². The molecule has 19 heavy (non-hydrogen) atoms. The molecule has 2 aromatic heterocycles. The summed E-state index contributed by atoms with van der Waals surface area (Å²) in [6.07, 6.45) is 7.33. The standard InChI is InChI=1S/C14H17N3O2/c1-10-8-16-13(11-2-3-11)17(10)6-5-15-14(18)12-4-7-19-9-12/h4,7-9,11H,2-3,5-6H2,1H3,(H,15,18). The lowest BCUT2D eigenvalue weighted by atomic mass is 10.3. The van der Waals surface area contributed by atoms with Gasteiger partial charge in [-0.15, -0.1) is 0 Å². The van der Waals surface area contributed by atoms with Crippen LogP contribution in [-0.2, 0) is 6.54 Å². The zero-order valence-corrected chi connectivity index (χ0v) is 10.9. The number of amides is 1. The molecule has 1 saturated carbocycles. The van der Waals surface area contributed by atoms with Crippen molar-refractivity contribution in [3.05, 3.63) is 41.9 Å². The van der Waals surface area contributed by atoms with Gasteiger partial charge in [0.2, 0.25) is 0 Å². The zero-order chi connectivity index (χ0) is 13.2. The van der Waals surface area contributed by atoms with E-state index in [0.29, 0.717) is 18.0 Å². The van der Waals surface area contributed by atoms with Gasteiger partial charge in [0.25, 0.3) is 5.91 Å². The molecule has 3 rings (SSSR count). The third-order valence-electron chi connectivity index (χ3n) is 3.43. The predicted molar refractivity (Wildman–Crippen MR) is 70.0 cm³/mol. The van der Waals surface area contributed by atoms with E-state index in [-0.39, 0.29) is 5.91 Å². The minimum absolute atomic E-state index is 0.0977. The number of hydrogen-bond donors (Lipinski definition) is 1. The van der Waals surface area contributed by atoms with Gasteiger partial charge in [-0.1, -0.05) is 0 Å². The van der Waals surface area contributed by atoms with Crippen molar-refractivity contribution in [3.8, 4) is 0 Å². The molecule has 1 aliphatic carbocycles. The largest absolute Gasteiger partial charge is 0.472 e. The minimum atomic E-state index is -0.0977. The Balaban J connectivity index is 1.58. The molecule has 1 fully saturated rings. The van der Waals surface area contributed by atoms with Crippen LogP contribution in [0.25, 0.3) is 0 Å². The number of carbonyl (C=O) groups excluding carboxylic acids is 1. The van der Waals surface area contributed by atoms with Crippen molar-refractivity contribution in [2.75, 3.05) is 6.54 Å². The maximum Gasteiger partial charge on any atom is 0.254 e. The number of rotatable bonds is 5. The highest BCUT2D eigenvalue weighted by atomic mass is 16.3. The van der Waals surface area contributed by atoms with Gasteiger partial charge in [-0.25, -0.2) is 4.98 Å². The van der Waals surface area contributed by atoms with Crippen molar-refractivity contribution in [2.45, 2.75) is 32.2 Å². The summed E-state index contributed by atoms with van der Waals surface area (Å²) in [5.74, 6) is 1.69. The van der Waals surface area contributed by atoms with Crippen molar-refractivity contribution >= 4 is 5.91 Å². The summed E-state index contributed by atoms with van der Waals surface area (Å²) in [5, 5.41) is 2.89. The Morgan fingerprint density at radius 1 is 1.58 bits per heavy atom. The summed E-state index contributed by atoms with van der Waals surface area (Å²) in [6.45, 7) is 3.42. The van der Waals surface area contributed by atoms with Crippen LogP contribution in [0.2, 0.25) is 0 Å². The maximum atomic E-state index is 11.8. The predicted octanol–water partition coefficient (Wildman–Crippen LogP) is 2.09. The van der Waals surface area contributed by atoms with Crippen LogP contribution in [0.15, 0.2) is 29.2 Å². The lowest BCUT2D eigenvalue weighted by molar-refractivity contribution is 0.0951. The molecule has 0 aromatic carbocycles. The second-order valence-corrected chi connectivity index (χ2v) is 4.95. The SMILES string of the molecule is Cc1cnc(C2CC2)n1CCNC(=O)c1ccoc1. The Kier molecular flexibility index (Phi) is 3.11. The molecule has 0 atom stereocenters. The topological polar surface area (TPSA) is 60.1 Å². The van der Waals surface area contributed by atoms with E-state index in [0.717, 1.165) is 18.1 Å². The lowest BCUT2D eigenvalue weighted by Gasteiger charge is -2.10. The molecule has 1 aliphatic rings. The van der Waals surface area contributed by atoms with Crippen molar-refractivity contribution in [3.63, 3.8) is 0 Å². The van der Waals surface area contributed by atoms with E-state index in [4.69, 9.17) is 4.42 Å². The number of nitrogens with one attached hydrogen (secondary N) is 1. The summed E-state index contributed by atoms with van der Waals surface area (Å²) in [5.41, 5.74) is 1.71. The quantitative estimate of drug-likeness (QED) is 0.894. The third-order valence-corrected chi connectivity index (χ3v) is 3.43. The first-order chi connectivity index (χ1) is 9.25. The number of aromatic nitrogens is 2. The van der Waals surface area contributed by atoms with Gasteiger partial charge in [-0.2, -0.15) is 0 Å². The maximum absolute atomic E-state index is 11.8. The number of furan rings is 1. The Labute approximate surface area is 111 Å². The van der Waals surface area contributed by atoms with Gasteiger partial charge < -0.3 is 14.3 Å². The summed E-state index contributed by atoms with van der Waals surface area (Å²) in [4.78, 5) is 16.2. The van der Waals surface area contributed by atoms with E-state index < -0.39 is 0 Å². The van der Waals surface area contributed by atoms with E-state index in [2.05, 4.69) is 21.8 Å². The fraction of sp³-hybridized carbons (Fsp3) is 0.429. The van der Waals surface area contributed by atoms with Crippen LogP contribution in [0.4, 0.5) is 0 Å². The number of carbonyl (C=O) groups is 1. The zero-order valence-electron chi connectivity index (χ0n) is 10.9. The number of nitrogens with zero attached hydrogens (tertiary/aromatic N) is 2. The molecule has 5 heteroatoms. The smallest absolute Gasteiger partial charge is 0.254 e. The average Bonchev–Trinajstić information content (AvgIpc) is 2.97. The van der Waals surface area contributed by atoms with Crippen LogP contribution in [0, 0.1) is 6.92 Å². The lowest BCUT2D eigenvalue weighted by Crippen LogP contribution is -2.27. The van der Waals surface area contributed by atoms with Crippen LogP contribution < -0.4 is 5.32 Å². The van der Waals surface area contributed by atoms with E-state index in [9.17, 15) is 4.79 Å². The summed E-state index contributed by atoms with van der Waals surface area (Å²) >= 11 is 0. The summed E-state index contributed by atoms with van der Waals surface area (Å²) in [7, 11) is 0. The van der Waals surface area contributed by atoms with Crippen molar-refractivity contribution in [2.24, 2.45) is 0 Å². The molecule has 0 spiro atoms.